The van der Waals surface area contributed by atoms with Gasteiger partial charge in [0, 0.05) is 17.1 Å². The van der Waals surface area contributed by atoms with Crippen LogP contribution in [0.15, 0.2) is 30.3 Å². The molecule has 76 valence electrons. The minimum Gasteiger partial charge on any atom is -0.399 e. The Balaban J connectivity index is 2.54. The predicted molar refractivity (Wildman–Crippen MR) is 61.4 cm³/mol. The lowest BCUT2D eigenvalue weighted by Gasteiger charge is -2.03. The molecule has 0 atom stereocenters. The highest BCUT2D eigenvalue weighted by Crippen LogP contribution is 2.18. The summed E-state index contributed by atoms with van der Waals surface area (Å²) in [6.07, 6.45) is 0. The number of hydrogen-bond acceptors (Lipinski definition) is 3. The van der Waals surface area contributed by atoms with E-state index in [2.05, 4.69) is 9.97 Å². The molecule has 0 aliphatic rings. The number of nitrogens with zero attached hydrogens (tertiary/aromatic N) is 2. The average molecular weight is 199 g/mol. The topological polar surface area (TPSA) is 51.8 Å². The Morgan fingerprint density at radius 2 is 1.67 bits per heavy atom. The second-order valence-corrected chi connectivity index (χ2v) is 3.59. The van der Waals surface area contributed by atoms with Crippen LogP contribution in [-0.4, -0.2) is 9.97 Å². The van der Waals surface area contributed by atoms with Crippen molar-refractivity contribution in [2.45, 2.75) is 13.8 Å². The van der Waals surface area contributed by atoms with Gasteiger partial charge in [0.1, 0.15) is 0 Å². The summed E-state index contributed by atoms with van der Waals surface area (Å²) in [5.41, 5.74) is 10.1. The van der Waals surface area contributed by atoms with Crippen LogP contribution in [-0.2, 0) is 0 Å². The van der Waals surface area contributed by atoms with Gasteiger partial charge >= 0.3 is 0 Å². The molecule has 0 aromatic carbocycles. The van der Waals surface area contributed by atoms with Crippen molar-refractivity contribution in [3.8, 4) is 11.4 Å². The summed E-state index contributed by atoms with van der Waals surface area (Å²) in [5, 5.41) is 0. The average Bonchev–Trinajstić information content (AvgIpc) is 2.16. The van der Waals surface area contributed by atoms with Gasteiger partial charge in [0.05, 0.1) is 11.4 Å². The number of rotatable bonds is 1. The van der Waals surface area contributed by atoms with E-state index in [0.29, 0.717) is 0 Å². The zero-order valence-electron chi connectivity index (χ0n) is 8.86. The maximum absolute atomic E-state index is 5.77. The SMILES string of the molecule is Cc1cccc(-c2cc(N)cc(C)n2)n1. The quantitative estimate of drug-likeness (QED) is 0.767. The summed E-state index contributed by atoms with van der Waals surface area (Å²) in [7, 11) is 0. The third-order valence-corrected chi connectivity index (χ3v) is 2.13. The lowest BCUT2D eigenvalue weighted by atomic mass is 10.2. The van der Waals surface area contributed by atoms with Crippen molar-refractivity contribution in [1.82, 2.24) is 9.97 Å². The first-order valence-electron chi connectivity index (χ1n) is 4.83. The summed E-state index contributed by atoms with van der Waals surface area (Å²) in [4.78, 5) is 8.81. The Morgan fingerprint density at radius 1 is 0.933 bits per heavy atom. The van der Waals surface area contributed by atoms with Crippen molar-refractivity contribution in [2.24, 2.45) is 0 Å². The van der Waals surface area contributed by atoms with Crippen LogP contribution in [0, 0.1) is 13.8 Å². The Morgan fingerprint density at radius 3 is 2.33 bits per heavy atom. The summed E-state index contributed by atoms with van der Waals surface area (Å²) >= 11 is 0. The highest BCUT2D eigenvalue weighted by atomic mass is 14.8. The van der Waals surface area contributed by atoms with Gasteiger partial charge in [-0.3, -0.25) is 9.97 Å². The van der Waals surface area contributed by atoms with Gasteiger partial charge in [-0.25, -0.2) is 0 Å². The Hall–Kier alpha value is -1.90. The fourth-order valence-corrected chi connectivity index (χ4v) is 1.51. The molecule has 2 heterocycles. The van der Waals surface area contributed by atoms with Gasteiger partial charge in [0.25, 0.3) is 0 Å². The zero-order valence-corrected chi connectivity index (χ0v) is 8.86. The smallest absolute Gasteiger partial charge is 0.0909 e. The molecule has 0 bridgehead atoms. The molecule has 2 N–H and O–H groups in total. The number of hydrogen-bond donors (Lipinski definition) is 1. The van der Waals surface area contributed by atoms with Crippen LogP contribution >= 0.6 is 0 Å². The van der Waals surface area contributed by atoms with Gasteiger partial charge < -0.3 is 5.73 Å². The number of nitrogens with two attached hydrogens (primary N) is 1. The summed E-state index contributed by atoms with van der Waals surface area (Å²) in [6.45, 7) is 3.89. The van der Waals surface area contributed by atoms with E-state index in [4.69, 9.17) is 5.73 Å². The first kappa shape index (κ1) is 9.65. The van der Waals surface area contributed by atoms with E-state index in [-0.39, 0.29) is 0 Å². The third-order valence-electron chi connectivity index (χ3n) is 2.13. The van der Waals surface area contributed by atoms with Crippen LogP contribution in [0.4, 0.5) is 5.69 Å². The van der Waals surface area contributed by atoms with Crippen molar-refractivity contribution in [1.29, 1.82) is 0 Å². The molecule has 3 nitrogen and oxygen atoms in total. The first-order valence-corrected chi connectivity index (χ1v) is 4.83. The second kappa shape index (κ2) is 3.69. The lowest BCUT2D eigenvalue weighted by Crippen LogP contribution is -1.94. The molecule has 0 saturated heterocycles. The molecule has 2 aromatic rings. The highest BCUT2D eigenvalue weighted by Gasteiger charge is 2.02. The number of aryl methyl sites for hydroxylation is 2. The molecule has 0 spiro atoms. The van der Waals surface area contributed by atoms with E-state index in [1.165, 1.54) is 0 Å². The first-order chi connectivity index (χ1) is 7.15. The van der Waals surface area contributed by atoms with E-state index >= 15 is 0 Å². The van der Waals surface area contributed by atoms with Crippen molar-refractivity contribution in [3.63, 3.8) is 0 Å². The molecule has 0 fully saturated rings. The minimum atomic E-state index is 0.723. The van der Waals surface area contributed by atoms with Gasteiger partial charge in [-0.15, -0.1) is 0 Å². The molecule has 15 heavy (non-hydrogen) atoms. The monoisotopic (exact) mass is 199 g/mol. The maximum atomic E-state index is 5.77. The van der Waals surface area contributed by atoms with Crippen molar-refractivity contribution >= 4 is 5.69 Å². The fourth-order valence-electron chi connectivity index (χ4n) is 1.51. The molecule has 3 heteroatoms. The van der Waals surface area contributed by atoms with E-state index in [1.54, 1.807) is 0 Å². The molecule has 0 amide bonds. The molecular formula is C12H13N3. The van der Waals surface area contributed by atoms with Crippen LogP contribution in [0.25, 0.3) is 11.4 Å². The van der Waals surface area contributed by atoms with Gasteiger partial charge in [-0.2, -0.15) is 0 Å². The molecular weight excluding hydrogens is 186 g/mol. The van der Waals surface area contributed by atoms with Gasteiger partial charge in [-0.05, 0) is 38.1 Å². The fraction of sp³-hybridized carbons (Fsp3) is 0.167. The van der Waals surface area contributed by atoms with Crippen LogP contribution in [0.2, 0.25) is 0 Å². The standard InChI is InChI=1S/C12H13N3/c1-8-4-3-5-11(14-8)12-7-10(13)6-9(2)15-12/h3-7H,1-2H3,(H2,13,15). The number of pyridine rings is 2. The van der Waals surface area contributed by atoms with Crippen LogP contribution in [0.3, 0.4) is 0 Å². The summed E-state index contributed by atoms with van der Waals surface area (Å²) in [6, 6.07) is 9.56. The zero-order chi connectivity index (χ0) is 10.8. The number of nitrogen functional groups attached to an aromatic ring is 1. The Labute approximate surface area is 89.0 Å². The van der Waals surface area contributed by atoms with Crippen LogP contribution in [0.5, 0.6) is 0 Å². The van der Waals surface area contributed by atoms with E-state index < -0.39 is 0 Å². The molecule has 2 rings (SSSR count). The minimum absolute atomic E-state index is 0.723. The number of aromatic nitrogens is 2. The molecule has 0 unspecified atom stereocenters. The molecule has 0 radical (unpaired) electrons. The predicted octanol–water partition coefficient (Wildman–Crippen LogP) is 2.34. The molecule has 2 aromatic heterocycles. The van der Waals surface area contributed by atoms with E-state index in [1.807, 2.05) is 44.2 Å². The van der Waals surface area contributed by atoms with Crippen molar-refractivity contribution in [3.05, 3.63) is 41.7 Å². The normalized spacial score (nSPS) is 10.3. The molecule has 0 saturated carbocycles. The molecule has 0 aliphatic heterocycles. The van der Waals surface area contributed by atoms with Gasteiger partial charge in [-0.1, -0.05) is 6.07 Å². The van der Waals surface area contributed by atoms with Crippen molar-refractivity contribution < 1.29 is 0 Å². The van der Waals surface area contributed by atoms with Gasteiger partial charge in [0.15, 0.2) is 0 Å². The van der Waals surface area contributed by atoms with Gasteiger partial charge in [0.2, 0.25) is 0 Å². The summed E-state index contributed by atoms with van der Waals surface area (Å²) < 4.78 is 0. The summed E-state index contributed by atoms with van der Waals surface area (Å²) in [5.74, 6) is 0. The number of anilines is 1. The Kier molecular flexibility index (Phi) is 2.37. The maximum Gasteiger partial charge on any atom is 0.0909 e. The second-order valence-electron chi connectivity index (χ2n) is 3.59. The van der Waals surface area contributed by atoms with E-state index in [9.17, 15) is 0 Å². The van der Waals surface area contributed by atoms with Crippen LogP contribution in [0.1, 0.15) is 11.4 Å². The molecule has 0 aliphatic carbocycles. The third kappa shape index (κ3) is 2.13. The van der Waals surface area contributed by atoms with Crippen molar-refractivity contribution in [2.75, 3.05) is 5.73 Å². The Bertz CT molecular complexity index is 472. The van der Waals surface area contributed by atoms with E-state index in [0.717, 1.165) is 28.5 Å². The lowest BCUT2D eigenvalue weighted by molar-refractivity contribution is 1.15. The largest absolute Gasteiger partial charge is 0.399 e. The highest BCUT2D eigenvalue weighted by molar-refractivity contribution is 5.60. The van der Waals surface area contributed by atoms with Crippen LogP contribution < -0.4 is 5.73 Å².